The predicted molar refractivity (Wildman–Crippen MR) is 59.3 cm³/mol. The lowest BCUT2D eigenvalue weighted by molar-refractivity contribution is -0.137. The maximum Gasteiger partial charge on any atom is 0.303 e. The van der Waals surface area contributed by atoms with E-state index in [1.54, 1.807) is 0 Å². The van der Waals surface area contributed by atoms with Crippen LogP contribution in [0.25, 0.3) is 0 Å². The van der Waals surface area contributed by atoms with Gasteiger partial charge in [0, 0.05) is 10.9 Å². The van der Waals surface area contributed by atoms with Gasteiger partial charge in [0.1, 0.15) is 0 Å². The fraction of sp³-hybridized carbons (Fsp3) is 0.364. The van der Waals surface area contributed by atoms with Crippen LogP contribution in [0.3, 0.4) is 0 Å². The van der Waals surface area contributed by atoms with Crippen LogP contribution in [0.1, 0.15) is 18.9 Å². The maximum atomic E-state index is 10.4. The Morgan fingerprint density at radius 2 is 2.00 bits per heavy atom. The van der Waals surface area contributed by atoms with Gasteiger partial charge in [0.05, 0.1) is 0 Å². The molecule has 3 heteroatoms. The van der Waals surface area contributed by atoms with E-state index < -0.39 is 5.97 Å². The molecule has 1 aromatic carbocycles. The first-order valence-electron chi connectivity index (χ1n) is 4.54. The van der Waals surface area contributed by atoms with Gasteiger partial charge in [-0.2, -0.15) is 0 Å². The Balaban J connectivity index is 2.51. The van der Waals surface area contributed by atoms with Crippen LogP contribution in [0.5, 0.6) is 0 Å². The average Bonchev–Trinajstić information content (AvgIpc) is 2.07. The van der Waals surface area contributed by atoms with Crippen LogP contribution in [0.15, 0.2) is 28.7 Å². The lowest BCUT2D eigenvalue weighted by atomic mass is 9.98. The van der Waals surface area contributed by atoms with Gasteiger partial charge in [-0.3, -0.25) is 4.79 Å². The Morgan fingerprint density at radius 3 is 2.50 bits per heavy atom. The van der Waals surface area contributed by atoms with E-state index in [1.807, 2.05) is 31.2 Å². The molecule has 0 fully saturated rings. The van der Waals surface area contributed by atoms with Gasteiger partial charge in [0.2, 0.25) is 0 Å². The molecule has 1 N–H and O–H groups in total. The summed E-state index contributed by atoms with van der Waals surface area (Å²) in [6.07, 6.45) is 1.05. The minimum atomic E-state index is -0.727. The Hall–Kier alpha value is -0.830. The van der Waals surface area contributed by atoms with Gasteiger partial charge in [-0.1, -0.05) is 35.0 Å². The summed E-state index contributed by atoms with van der Waals surface area (Å²) < 4.78 is 1.05. The highest BCUT2D eigenvalue weighted by Gasteiger charge is 2.07. The molecule has 0 aliphatic rings. The maximum absolute atomic E-state index is 10.4. The Bertz CT molecular complexity index is 306. The molecule has 1 atom stereocenters. The number of hydrogen-bond donors (Lipinski definition) is 1. The first-order chi connectivity index (χ1) is 6.58. The molecule has 0 aliphatic carbocycles. The van der Waals surface area contributed by atoms with E-state index in [0.29, 0.717) is 0 Å². The minimum absolute atomic E-state index is 0.189. The van der Waals surface area contributed by atoms with Crippen molar-refractivity contribution in [1.82, 2.24) is 0 Å². The Morgan fingerprint density at radius 1 is 1.43 bits per heavy atom. The second kappa shape index (κ2) is 5.15. The van der Waals surface area contributed by atoms with Crippen LogP contribution in [0.4, 0.5) is 0 Å². The molecule has 0 unspecified atom stereocenters. The molecule has 0 aliphatic heterocycles. The van der Waals surface area contributed by atoms with E-state index in [1.165, 1.54) is 5.56 Å². The summed E-state index contributed by atoms with van der Waals surface area (Å²) in [5, 5.41) is 8.60. The zero-order valence-electron chi connectivity index (χ0n) is 8.03. The van der Waals surface area contributed by atoms with Crippen LogP contribution < -0.4 is 0 Å². The zero-order chi connectivity index (χ0) is 10.6. The summed E-state index contributed by atoms with van der Waals surface area (Å²) in [4.78, 5) is 10.4. The molecule has 0 saturated heterocycles. The van der Waals surface area contributed by atoms with Crippen molar-refractivity contribution in [2.75, 3.05) is 0 Å². The number of carbonyl (C=O) groups is 1. The summed E-state index contributed by atoms with van der Waals surface area (Å²) in [7, 11) is 0. The van der Waals surface area contributed by atoms with Crippen LogP contribution in [0.2, 0.25) is 0 Å². The molecule has 1 rings (SSSR count). The average molecular weight is 257 g/mol. The number of aliphatic carboxylic acids is 1. The second-order valence-electron chi connectivity index (χ2n) is 3.53. The van der Waals surface area contributed by atoms with Crippen molar-refractivity contribution in [2.24, 2.45) is 5.92 Å². The Kier molecular flexibility index (Phi) is 4.14. The van der Waals surface area contributed by atoms with Crippen molar-refractivity contribution in [2.45, 2.75) is 19.8 Å². The second-order valence-corrected chi connectivity index (χ2v) is 4.45. The van der Waals surface area contributed by atoms with Crippen molar-refractivity contribution >= 4 is 21.9 Å². The van der Waals surface area contributed by atoms with Gasteiger partial charge in [-0.15, -0.1) is 0 Å². The highest BCUT2D eigenvalue weighted by molar-refractivity contribution is 9.10. The Labute approximate surface area is 92.1 Å². The van der Waals surface area contributed by atoms with Crippen molar-refractivity contribution < 1.29 is 9.90 Å². The fourth-order valence-electron chi connectivity index (χ4n) is 1.39. The van der Waals surface area contributed by atoms with Gasteiger partial charge >= 0.3 is 5.97 Å². The summed E-state index contributed by atoms with van der Waals surface area (Å²) in [5.41, 5.74) is 1.18. The number of hydrogen-bond acceptors (Lipinski definition) is 1. The van der Waals surface area contributed by atoms with Gasteiger partial charge in [0.25, 0.3) is 0 Å². The highest BCUT2D eigenvalue weighted by Crippen LogP contribution is 2.15. The molecule has 0 heterocycles. The molecular weight excluding hydrogens is 244 g/mol. The number of rotatable bonds is 4. The zero-order valence-corrected chi connectivity index (χ0v) is 9.62. The van der Waals surface area contributed by atoms with E-state index >= 15 is 0 Å². The van der Waals surface area contributed by atoms with Crippen molar-refractivity contribution in [1.29, 1.82) is 0 Å². The first-order valence-corrected chi connectivity index (χ1v) is 5.33. The molecule has 14 heavy (non-hydrogen) atoms. The molecule has 1 aromatic rings. The molecular formula is C11H13BrO2. The number of halogens is 1. The topological polar surface area (TPSA) is 37.3 Å². The number of benzene rings is 1. The molecule has 0 radical (unpaired) electrons. The lowest BCUT2D eigenvalue weighted by Gasteiger charge is -2.08. The van der Waals surface area contributed by atoms with E-state index in [-0.39, 0.29) is 12.3 Å². The normalized spacial score (nSPS) is 12.4. The van der Waals surface area contributed by atoms with Crippen molar-refractivity contribution in [3.63, 3.8) is 0 Å². The standard InChI is InChI=1S/C11H13BrO2/c1-8(7-11(13)14)6-9-2-4-10(12)5-3-9/h2-5,8H,6-7H2,1H3,(H,13,14)/t8-/m0/s1. The largest absolute Gasteiger partial charge is 0.481 e. The highest BCUT2D eigenvalue weighted by atomic mass is 79.9. The third-order valence-electron chi connectivity index (χ3n) is 2.02. The monoisotopic (exact) mass is 256 g/mol. The SMILES string of the molecule is C[C@H](CC(=O)O)Cc1ccc(Br)cc1. The molecule has 2 nitrogen and oxygen atoms in total. The molecule has 0 spiro atoms. The molecule has 0 amide bonds. The van der Waals surface area contributed by atoms with E-state index in [4.69, 9.17) is 5.11 Å². The third-order valence-corrected chi connectivity index (χ3v) is 2.55. The molecule has 0 aromatic heterocycles. The lowest BCUT2D eigenvalue weighted by Crippen LogP contribution is -2.06. The van der Waals surface area contributed by atoms with Gasteiger partial charge in [-0.05, 0) is 30.0 Å². The van der Waals surface area contributed by atoms with Crippen molar-refractivity contribution in [3.05, 3.63) is 34.3 Å². The van der Waals surface area contributed by atoms with Crippen molar-refractivity contribution in [3.8, 4) is 0 Å². The van der Waals surface area contributed by atoms with Gasteiger partial charge < -0.3 is 5.11 Å². The molecule has 0 bridgehead atoms. The van der Waals surface area contributed by atoms with Gasteiger partial charge in [0.15, 0.2) is 0 Å². The summed E-state index contributed by atoms with van der Waals surface area (Å²) >= 11 is 3.36. The van der Waals surface area contributed by atoms with E-state index in [0.717, 1.165) is 10.9 Å². The third kappa shape index (κ3) is 3.92. The van der Waals surface area contributed by atoms with Gasteiger partial charge in [-0.25, -0.2) is 0 Å². The quantitative estimate of drug-likeness (QED) is 0.899. The van der Waals surface area contributed by atoms with Crippen LogP contribution in [0, 0.1) is 5.92 Å². The fourth-order valence-corrected chi connectivity index (χ4v) is 1.66. The van der Waals surface area contributed by atoms with Crippen LogP contribution in [-0.4, -0.2) is 11.1 Å². The molecule has 76 valence electrons. The number of carboxylic acid groups (broad SMARTS) is 1. The summed E-state index contributed by atoms with van der Waals surface area (Å²) in [5.74, 6) is -0.539. The van der Waals surface area contributed by atoms with Crippen LogP contribution in [-0.2, 0) is 11.2 Å². The number of carboxylic acids is 1. The smallest absolute Gasteiger partial charge is 0.303 e. The molecule has 0 saturated carbocycles. The van der Waals surface area contributed by atoms with E-state index in [9.17, 15) is 4.79 Å². The first kappa shape index (κ1) is 11.2. The minimum Gasteiger partial charge on any atom is -0.481 e. The van der Waals surface area contributed by atoms with Crippen LogP contribution >= 0.6 is 15.9 Å². The van der Waals surface area contributed by atoms with E-state index in [2.05, 4.69) is 15.9 Å². The summed E-state index contributed by atoms with van der Waals surface area (Å²) in [6, 6.07) is 7.98. The predicted octanol–water partition coefficient (Wildman–Crippen LogP) is 3.10. The summed E-state index contributed by atoms with van der Waals surface area (Å²) in [6.45, 7) is 1.95.